The van der Waals surface area contributed by atoms with Gasteiger partial charge in [0.05, 0.1) is 19.9 Å². The molecule has 0 heterocycles. The molecule has 2 aromatic carbocycles. The molecule has 3 heteroatoms. The van der Waals surface area contributed by atoms with Gasteiger partial charge >= 0.3 is 0 Å². The highest BCUT2D eigenvalue weighted by atomic mass is 16.5. The van der Waals surface area contributed by atoms with E-state index in [1.54, 1.807) is 14.2 Å². The maximum Gasteiger partial charge on any atom is 0.161 e. The Morgan fingerprint density at radius 2 is 1.65 bits per heavy atom. The molecule has 0 bridgehead atoms. The number of methoxy groups -OCH3 is 2. The number of hydrogen-bond donors (Lipinski definition) is 0. The monoisotopic (exact) mass is 311 g/mol. The minimum absolute atomic E-state index is 0.584. The highest BCUT2D eigenvalue weighted by molar-refractivity contribution is 5.85. The van der Waals surface area contributed by atoms with Crippen LogP contribution in [0.1, 0.15) is 42.9 Å². The SMILES string of the molecule is CC[C@@H](C)c1ccc(N=Cc2cc(OC)c(OC)cc2C)cc1. The number of aryl methyl sites for hydroxylation is 1. The largest absolute Gasteiger partial charge is 0.493 e. The molecule has 0 unspecified atom stereocenters. The maximum atomic E-state index is 5.35. The standard InChI is InChI=1S/C20H25NO2/c1-6-14(2)16-7-9-18(10-8-16)21-13-17-12-20(23-5)19(22-4)11-15(17)3/h7-14H,6H2,1-5H3/t14-/m1/s1. The molecule has 2 aromatic rings. The van der Waals surface area contributed by atoms with Crippen molar-refractivity contribution in [2.45, 2.75) is 33.1 Å². The molecule has 2 rings (SSSR count). The Morgan fingerprint density at radius 1 is 1.04 bits per heavy atom. The minimum Gasteiger partial charge on any atom is -0.493 e. The molecule has 0 spiro atoms. The Balaban J connectivity index is 2.23. The predicted molar refractivity (Wildman–Crippen MR) is 96.7 cm³/mol. The molecule has 0 radical (unpaired) electrons. The van der Waals surface area contributed by atoms with E-state index < -0.39 is 0 Å². The van der Waals surface area contributed by atoms with Crippen molar-refractivity contribution in [3.63, 3.8) is 0 Å². The van der Waals surface area contributed by atoms with Crippen molar-refractivity contribution in [2.75, 3.05) is 14.2 Å². The fourth-order valence-corrected chi connectivity index (χ4v) is 2.40. The summed E-state index contributed by atoms with van der Waals surface area (Å²) in [6.07, 6.45) is 3.02. The van der Waals surface area contributed by atoms with Gasteiger partial charge in [-0.05, 0) is 60.2 Å². The maximum absolute atomic E-state index is 5.35. The lowest BCUT2D eigenvalue weighted by molar-refractivity contribution is 0.354. The second-order valence-electron chi connectivity index (χ2n) is 5.72. The summed E-state index contributed by atoms with van der Waals surface area (Å²) in [6.45, 7) is 6.48. The molecule has 0 aliphatic rings. The zero-order valence-electron chi connectivity index (χ0n) is 14.6. The highest BCUT2D eigenvalue weighted by Gasteiger charge is 2.07. The molecule has 0 aromatic heterocycles. The predicted octanol–water partition coefficient (Wildman–Crippen LogP) is 5.28. The zero-order valence-corrected chi connectivity index (χ0v) is 14.6. The van der Waals surface area contributed by atoms with Gasteiger partial charge in [0.25, 0.3) is 0 Å². The third-order valence-electron chi connectivity index (χ3n) is 4.20. The van der Waals surface area contributed by atoms with Crippen LogP contribution in [0.3, 0.4) is 0 Å². The van der Waals surface area contributed by atoms with Gasteiger partial charge in [-0.3, -0.25) is 4.99 Å². The lowest BCUT2D eigenvalue weighted by Gasteiger charge is -2.10. The molecule has 0 aliphatic carbocycles. The van der Waals surface area contributed by atoms with E-state index in [-0.39, 0.29) is 0 Å². The molecule has 0 amide bonds. The summed E-state index contributed by atoms with van der Waals surface area (Å²) in [5.41, 5.74) is 4.43. The van der Waals surface area contributed by atoms with Crippen LogP contribution < -0.4 is 9.47 Å². The highest BCUT2D eigenvalue weighted by Crippen LogP contribution is 2.30. The number of hydrogen-bond acceptors (Lipinski definition) is 3. The minimum atomic E-state index is 0.584. The third kappa shape index (κ3) is 4.13. The smallest absolute Gasteiger partial charge is 0.161 e. The van der Waals surface area contributed by atoms with Crippen LogP contribution in [-0.4, -0.2) is 20.4 Å². The topological polar surface area (TPSA) is 30.8 Å². The van der Waals surface area contributed by atoms with E-state index in [1.165, 1.54) is 5.56 Å². The summed E-state index contributed by atoms with van der Waals surface area (Å²) < 4.78 is 10.7. The van der Waals surface area contributed by atoms with Crippen molar-refractivity contribution in [3.8, 4) is 11.5 Å². The van der Waals surface area contributed by atoms with E-state index in [1.807, 2.05) is 25.3 Å². The third-order valence-corrected chi connectivity index (χ3v) is 4.20. The first-order valence-corrected chi connectivity index (χ1v) is 7.95. The summed E-state index contributed by atoms with van der Waals surface area (Å²) in [5, 5.41) is 0. The fourth-order valence-electron chi connectivity index (χ4n) is 2.40. The molecular weight excluding hydrogens is 286 g/mol. The Hall–Kier alpha value is -2.29. The Kier molecular flexibility index (Phi) is 5.80. The van der Waals surface area contributed by atoms with Gasteiger partial charge in [-0.2, -0.15) is 0 Å². The summed E-state index contributed by atoms with van der Waals surface area (Å²) in [6, 6.07) is 12.4. The van der Waals surface area contributed by atoms with Crippen molar-refractivity contribution in [1.29, 1.82) is 0 Å². The van der Waals surface area contributed by atoms with Gasteiger partial charge in [-0.25, -0.2) is 0 Å². The molecule has 0 saturated heterocycles. The first-order valence-electron chi connectivity index (χ1n) is 7.95. The van der Waals surface area contributed by atoms with Crippen LogP contribution in [0.15, 0.2) is 41.4 Å². The summed E-state index contributed by atoms with van der Waals surface area (Å²) >= 11 is 0. The molecule has 3 nitrogen and oxygen atoms in total. The number of benzene rings is 2. The van der Waals surface area contributed by atoms with Crippen molar-refractivity contribution in [3.05, 3.63) is 53.1 Å². The van der Waals surface area contributed by atoms with Crippen molar-refractivity contribution in [2.24, 2.45) is 4.99 Å². The molecular formula is C20H25NO2. The van der Waals surface area contributed by atoms with Crippen molar-refractivity contribution >= 4 is 11.9 Å². The second-order valence-corrected chi connectivity index (χ2v) is 5.72. The summed E-state index contributed by atoms with van der Waals surface area (Å²) in [7, 11) is 3.28. The quantitative estimate of drug-likeness (QED) is 0.680. The molecule has 1 atom stereocenters. The van der Waals surface area contributed by atoms with Crippen LogP contribution in [0.5, 0.6) is 11.5 Å². The van der Waals surface area contributed by atoms with Crippen LogP contribution in [0.2, 0.25) is 0 Å². The van der Waals surface area contributed by atoms with E-state index >= 15 is 0 Å². The number of nitrogens with zero attached hydrogens (tertiary/aromatic N) is 1. The molecule has 0 aliphatic heterocycles. The van der Waals surface area contributed by atoms with Gasteiger partial charge in [-0.1, -0.05) is 26.0 Å². The number of aliphatic imine (C=N–C) groups is 1. The van der Waals surface area contributed by atoms with Crippen LogP contribution in [0, 0.1) is 6.92 Å². The average Bonchev–Trinajstić information content (AvgIpc) is 2.60. The average molecular weight is 311 g/mol. The summed E-state index contributed by atoms with van der Waals surface area (Å²) in [5.74, 6) is 2.04. The second kappa shape index (κ2) is 7.82. The van der Waals surface area contributed by atoms with E-state index in [0.29, 0.717) is 11.7 Å². The number of ether oxygens (including phenoxy) is 2. The van der Waals surface area contributed by atoms with Gasteiger partial charge in [0.1, 0.15) is 0 Å². The van der Waals surface area contributed by atoms with Crippen LogP contribution in [-0.2, 0) is 0 Å². The zero-order chi connectivity index (χ0) is 16.8. The van der Waals surface area contributed by atoms with Gasteiger partial charge in [0.2, 0.25) is 0 Å². The van der Waals surface area contributed by atoms with Crippen LogP contribution >= 0.6 is 0 Å². The normalized spacial score (nSPS) is 12.4. The summed E-state index contributed by atoms with van der Waals surface area (Å²) in [4.78, 5) is 4.57. The molecule has 0 fully saturated rings. The van der Waals surface area contributed by atoms with Gasteiger partial charge in [-0.15, -0.1) is 0 Å². The van der Waals surface area contributed by atoms with Crippen molar-refractivity contribution in [1.82, 2.24) is 0 Å². The first-order chi connectivity index (χ1) is 11.1. The van der Waals surface area contributed by atoms with Crippen molar-refractivity contribution < 1.29 is 9.47 Å². The molecule has 122 valence electrons. The molecule has 23 heavy (non-hydrogen) atoms. The first kappa shape index (κ1) is 17.1. The van der Waals surface area contributed by atoms with Gasteiger partial charge in [0.15, 0.2) is 11.5 Å². The molecule has 0 saturated carbocycles. The Bertz CT molecular complexity index is 675. The Labute approximate surface area is 139 Å². The van der Waals surface area contributed by atoms with E-state index in [9.17, 15) is 0 Å². The van der Waals surface area contributed by atoms with Gasteiger partial charge < -0.3 is 9.47 Å². The van der Waals surface area contributed by atoms with Gasteiger partial charge in [0, 0.05) is 6.21 Å². The molecule has 0 N–H and O–H groups in total. The lowest BCUT2D eigenvalue weighted by Crippen LogP contribution is -1.95. The van der Waals surface area contributed by atoms with E-state index in [2.05, 4.69) is 43.1 Å². The number of rotatable bonds is 6. The lowest BCUT2D eigenvalue weighted by atomic mass is 9.99. The fraction of sp³-hybridized carbons (Fsp3) is 0.350. The van der Waals surface area contributed by atoms with Crippen LogP contribution in [0.4, 0.5) is 5.69 Å². The van der Waals surface area contributed by atoms with Crippen LogP contribution in [0.25, 0.3) is 0 Å². The van der Waals surface area contributed by atoms with E-state index in [0.717, 1.165) is 29.0 Å². The van der Waals surface area contributed by atoms with E-state index in [4.69, 9.17) is 9.47 Å². The Morgan fingerprint density at radius 3 is 2.22 bits per heavy atom.